The first-order valence-corrected chi connectivity index (χ1v) is 6.42. The van der Waals surface area contributed by atoms with Gasteiger partial charge >= 0.3 is 0 Å². The second-order valence-electron chi connectivity index (χ2n) is 3.53. The van der Waals surface area contributed by atoms with Gasteiger partial charge in [-0.05, 0) is 18.9 Å². The van der Waals surface area contributed by atoms with Crippen LogP contribution in [0.25, 0.3) is 0 Å². The van der Waals surface area contributed by atoms with Crippen molar-refractivity contribution in [2.75, 3.05) is 6.54 Å². The Hall–Kier alpha value is -0.610. The first-order valence-electron chi connectivity index (χ1n) is 5.13. The average molecular weight is 306 g/mol. The zero-order valence-electron chi connectivity index (χ0n) is 9.04. The molecule has 0 spiro atoms. The Labute approximate surface area is 109 Å². The summed E-state index contributed by atoms with van der Waals surface area (Å²) >= 11 is 9.31. The minimum absolute atomic E-state index is 0.144. The van der Waals surface area contributed by atoms with Crippen molar-refractivity contribution >= 4 is 33.4 Å². The van der Waals surface area contributed by atoms with Gasteiger partial charge in [-0.2, -0.15) is 0 Å². The minimum atomic E-state index is -0.144. The highest BCUT2D eigenvalue weighted by molar-refractivity contribution is 9.09. The smallest absolute Gasteiger partial charge is 0.252 e. The summed E-state index contributed by atoms with van der Waals surface area (Å²) in [5.41, 5.74) is 0.476. The van der Waals surface area contributed by atoms with E-state index in [9.17, 15) is 4.79 Å². The van der Waals surface area contributed by atoms with Crippen LogP contribution in [0.5, 0.6) is 0 Å². The number of hydrogen-bond donors (Lipinski definition) is 1. The summed E-state index contributed by atoms with van der Waals surface area (Å²) in [4.78, 5) is 16.0. The van der Waals surface area contributed by atoms with Crippen LogP contribution in [-0.2, 0) is 0 Å². The normalized spacial score (nSPS) is 12.2. The second-order valence-corrected chi connectivity index (χ2v) is 5.50. The van der Waals surface area contributed by atoms with Gasteiger partial charge < -0.3 is 5.32 Å². The lowest BCUT2D eigenvalue weighted by atomic mass is 10.2. The van der Waals surface area contributed by atoms with Crippen LogP contribution in [0.4, 0.5) is 0 Å². The fourth-order valence-electron chi connectivity index (χ4n) is 1.24. The van der Waals surface area contributed by atoms with Gasteiger partial charge in [0.2, 0.25) is 0 Å². The molecule has 1 aromatic heterocycles. The van der Waals surface area contributed by atoms with Gasteiger partial charge in [0.25, 0.3) is 5.91 Å². The Kier molecular flexibility index (Phi) is 5.77. The van der Waals surface area contributed by atoms with E-state index >= 15 is 0 Å². The van der Waals surface area contributed by atoms with Crippen molar-refractivity contribution in [1.29, 1.82) is 0 Å². The number of nitrogens with one attached hydrogen (secondary N) is 1. The molecule has 1 amide bonds. The third-order valence-corrected chi connectivity index (χ3v) is 2.84. The molecule has 0 aliphatic carbocycles. The summed E-state index contributed by atoms with van der Waals surface area (Å²) in [5.74, 6) is -0.144. The number of halogens is 2. The van der Waals surface area contributed by atoms with Crippen molar-refractivity contribution in [2.24, 2.45) is 0 Å². The number of rotatable bonds is 5. The number of carbonyl (C=O) groups excluding carboxylic acids is 1. The summed E-state index contributed by atoms with van der Waals surface area (Å²) in [6, 6.07) is 1.62. The molecule has 0 fully saturated rings. The zero-order chi connectivity index (χ0) is 12.0. The lowest BCUT2D eigenvalue weighted by Crippen LogP contribution is -2.25. The maximum absolute atomic E-state index is 11.7. The van der Waals surface area contributed by atoms with Crippen LogP contribution >= 0.6 is 27.5 Å². The molecule has 0 aromatic carbocycles. The molecule has 0 aliphatic rings. The van der Waals surface area contributed by atoms with Crippen molar-refractivity contribution in [3.63, 3.8) is 0 Å². The fourth-order valence-corrected chi connectivity index (χ4v) is 1.77. The molecular formula is C11H14BrClN2O. The highest BCUT2D eigenvalue weighted by Crippen LogP contribution is 2.13. The van der Waals surface area contributed by atoms with Gasteiger partial charge in [-0.3, -0.25) is 9.78 Å². The van der Waals surface area contributed by atoms with Crippen LogP contribution in [0, 0.1) is 0 Å². The standard InChI is InChI=1S/C11H14BrClN2O/c1-8(12)3-2-5-15-11(16)9-4-6-14-7-10(9)13/h4,6-8H,2-3,5H2,1H3,(H,15,16). The number of carbonyl (C=O) groups is 1. The number of nitrogens with zero attached hydrogens (tertiary/aromatic N) is 1. The van der Waals surface area contributed by atoms with E-state index in [4.69, 9.17) is 11.6 Å². The molecule has 1 unspecified atom stereocenters. The predicted octanol–water partition coefficient (Wildman–Crippen LogP) is 3.03. The summed E-state index contributed by atoms with van der Waals surface area (Å²) in [6.07, 6.45) is 5.00. The van der Waals surface area contributed by atoms with Gasteiger partial charge in [-0.1, -0.05) is 34.5 Å². The fraction of sp³-hybridized carbons (Fsp3) is 0.455. The van der Waals surface area contributed by atoms with Crippen LogP contribution in [-0.4, -0.2) is 22.3 Å². The zero-order valence-corrected chi connectivity index (χ0v) is 11.4. The van der Waals surface area contributed by atoms with Crippen LogP contribution < -0.4 is 5.32 Å². The topological polar surface area (TPSA) is 42.0 Å². The molecular weight excluding hydrogens is 291 g/mol. The SMILES string of the molecule is CC(Br)CCCNC(=O)c1ccncc1Cl. The van der Waals surface area contributed by atoms with Gasteiger partial charge in [0.1, 0.15) is 0 Å². The van der Waals surface area contributed by atoms with E-state index in [0.717, 1.165) is 12.8 Å². The van der Waals surface area contributed by atoms with Crippen molar-refractivity contribution in [1.82, 2.24) is 10.3 Å². The maximum atomic E-state index is 11.7. The highest BCUT2D eigenvalue weighted by Gasteiger charge is 2.08. The second kappa shape index (κ2) is 6.86. The van der Waals surface area contributed by atoms with E-state index in [0.29, 0.717) is 22.0 Å². The van der Waals surface area contributed by atoms with Gasteiger partial charge in [-0.15, -0.1) is 0 Å². The Morgan fingerprint density at radius 1 is 1.69 bits per heavy atom. The van der Waals surface area contributed by atoms with Gasteiger partial charge in [0.05, 0.1) is 10.6 Å². The van der Waals surface area contributed by atoms with Crippen LogP contribution in [0.2, 0.25) is 5.02 Å². The molecule has 1 heterocycles. The molecule has 0 saturated carbocycles. The molecule has 0 saturated heterocycles. The van der Waals surface area contributed by atoms with E-state index in [-0.39, 0.29) is 5.91 Å². The third-order valence-electron chi connectivity index (χ3n) is 2.08. The molecule has 1 N–H and O–H groups in total. The molecule has 3 nitrogen and oxygen atoms in total. The Morgan fingerprint density at radius 2 is 2.44 bits per heavy atom. The van der Waals surface area contributed by atoms with Crippen LogP contribution in [0.1, 0.15) is 30.1 Å². The van der Waals surface area contributed by atoms with E-state index in [1.807, 2.05) is 0 Å². The van der Waals surface area contributed by atoms with Crippen LogP contribution in [0.15, 0.2) is 18.5 Å². The van der Waals surface area contributed by atoms with Crippen molar-refractivity contribution < 1.29 is 4.79 Å². The molecule has 1 atom stereocenters. The van der Waals surface area contributed by atoms with Crippen molar-refractivity contribution in [2.45, 2.75) is 24.6 Å². The lowest BCUT2D eigenvalue weighted by molar-refractivity contribution is 0.0953. The summed E-state index contributed by atoms with van der Waals surface area (Å²) < 4.78 is 0. The highest BCUT2D eigenvalue weighted by atomic mass is 79.9. The molecule has 0 radical (unpaired) electrons. The summed E-state index contributed by atoms with van der Waals surface area (Å²) in [7, 11) is 0. The molecule has 0 bridgehead atoms. The Bertz CT molecular complexity index is 358. The number of alkyl halides is 1. The lowest BCUT2D eigenvalue weighted by Gasteiger charge is -2.06. The van der Waals surface area contributed by atoms with Gasteiger partial charge in [0.15, 0.2) is 0 Å². The van der Waals surface area contributed by atoms with Crippen molar-refractivity contribution in [3.05, 3.63) is 29.0 Å². The van der Waals surface area contributed by atoms with Crippen LogP contribution in [0.3, 0.4) is 0 Å². The average Bonchev–Trinajstić information content (AvgIpc) is 2.24. The predicted molar refractivity (Wildman–Crippen MR) is 69.2 cm³/mol. The maximum Gasteiger partial charge on any atom is 0.252 e. The molecule has 1 rings (SSSR count). The first kappa shape index (κ1) is 13.5. The van der Waals surface area contributed by atoms with E-state index < -0.39 is 0 Å². The van der Waals surface area contributed by atoms with E-state index in [1.54, 1.807) is 12.3 Å². The minimum Gasteiger partial charge on any atom is -0.352 e. The number of aromatic nitrogens is 1. The number of amides is 1. The molecule has 5 heteroatoms. The molecule has 16 heavy (non-hydrogen) atoms. The van der Waals surface area contributed by atoms with E-state index in [2.05, 4.69) is 33.2 Å². The molecule has 0 aliphatic heterocycles. The molecule has 88 valence electrons. The van der Waals surface area contributed by atoms with Gasteiger partial charge in [-0.25, -0.2) is 0 Å². The number of hydrogen-bond acceptors (Lipinski definition) is 2. The van der Waals surface area contributed by atoms with Gasteiger partial charge in [0, 0.05) is 23.8 Å². The number of pyridine rings is 1. The molecule has 1 aromatic rings. The Morgan fingerprint density at radius 3 is 3.06 bits per heavy atom. The Balaban J connectivity index is 2.39. The summed E-state index contributed by atoms with van der Waals surface area (Å²) in [5, 5.41) is 3.21. The third kappa shape index (κ3) is 4.49. The monoisotopic (exact) mass is 304 g/mol. The van der Waals surface area contributed by atoms with Crippen molar-refractivity contribution in [3.8, 4) is 0 Å². The summed E-state index contributed by atoms with van der Waals surface area (Å²) in [6.45, 7) is 2.75. The first-order chi connectivity index (χ1) is 7.61. The van der Waals surface area contributed by atoms with E-state index in [1.165, 1.54) is 6.20 Å². The largest absolute Gasteiger partial charge is 0.352 e. The quantitative estimate of drug-likeness (QED) is 0.671.